The van der Waals surface area contributed by atoms with E-state index in [0.717, 1.165) is 18.4 Å². The molecule has 2 aromatic rings. The van der Waals surface area contributed by atoms with Gasteiger partial charge in [0.1, 0.15) is 6.61 Å². The molecule has 3 rings (SSSR count). The molecule has 0 heterocycles. The number of aliphatic hydroxyl groups is 1. The van der Waals surface area contributed by atoms with Crippen LogP contribution in [0.15, 0.2) is 48.5 Å². The molecule has 0 aromatic heterocycles. The van der Waals surface area contributed by atoms with E-state index in [9.17, 15) is 14.3 Å². The van der Waals surface area contributed by atoms with Crippen molar-refractivity contribution in [3.63, 3.8) is 0 Å². The normalized spacial score (nSPS) is 15.7. The van der Waals surface area contributed by atoms with Gasteiger partial charge in [-0.25, -0.2) is 9.87 Å². The van der Waals surface area contributed by atoms with Gasteiger partial charge in [-0.2, -0.15) is 0 Å². The van der Waals surface area contributed by atoms with Crippen molar-refractivity contribution >= 4 is 12.0 Å². The van der Waals surface area contributed by atoms with Crippen LogP contribution in [0.2, 0.25) is 0 Å². The molecule has 1 atom stereocenters. The van der Waals surface area contributed by atoms with Gasteiger partial charge in [-0.1, -0.05) is 30.3 Å². The molecule has 0 radical (unpaired) electrons. The van der Waals surface area contributed by atoms with Crippen LogP contribution in [0.5, 0.6) is 5.75 Å². The molecule has 0 saturated carbocycles. The van der Waals surface area contributed by atoms with Crippen molar-refractivity contribution in [3.8, 4) is 5.75 Å². The number of halogens is 1. The Morgan fingerprint density at radius 2 is 2.10 bits per heavy atom. The number of hydroxylamine groups is 1. The number of rotatable bonds is 9. The number of benzene rings is 2. The largest absolute Gasteiger partial charge is 0.489 e. The molecule has 0 spiro atoms. The summed E-state index contributed by atoms with van der Waals surface area (Å²) < 4.78 is 19.3. The van der Waals surface area contributed by atoms with Gasteiger partial charge in [-0.3, -0.25) is 14.9 Å². The zero-order valence-corrected chi connectivity index (χ0v) is 16.1. The van der Waals surface area contributed by atoms with Crippen LogP contribution in [0.1, 0.15) is 29.2 Å². The summed E-state index contributed by atoms with van der Waals surface area (Å²) in [7, 11) is 0. The van der Waals surface area contributed by atoms with Crippen LogP contribution < -0.4 is 10.2 Å². The highest BCUT2D eigenvalue weighted by molar-refractivity contribution is 5.90. The standard InChI is InChI=1S/C22H25FN2O4/c23-19-3-1-2-4-21(19)29-14-12-25(11-13-26)20-9-7-17-15-16(5-8-18(17)20)6-10-22(27)24-28/h1-6,8,10,15,20,26,28H,7,9,11-14H2,(H,24,27). The highest BCUT2D eigenvalue weighted by atomic mass is 19.1. The summed E-state index contributed by atoms with van der Waals surface area (Å²) in [5.74, 6) is -0.734. The Kier molecular flexibility index (Phi) is 7.35. The van der Waals surface area contributed by atoms with Gasteiger partial charge in [0.15, 0.2) is 11.6 Å². The van der Waals surface area contributed by atoms with Crippen LogP contribution in [0, 0.1) is 5.82 Å². The summed E-state index contributed by atoms with van der Waals surface area (Å²) in [4.78, 5) is 13.3. The fourth-order valence-electron chi connectivity index (χ4n) is 3.69. The third-order valence-electron chi connectivity index (χ3n) is 5.05. The van der Waals surface area contributed by atoms with Gasteiger partial charge in [0.05, 0.1) is 6.61 Å². The maximum atomic E-state index is 13.7. The number of carbonyl (C=O) groups excluding carboxylic acids is 1. The van der Waals surface area contributed by atoms with Crippen LogP contribution in [0.25, 0.3) is 6.08 Å². The first-order valence-electron chi connectivity index (χ1n) is 9.59. The zero-order chi connectivity index (χ0) is 20.6. The minimum Gasteiger partial charge on any atom is -0.489 e. The first kappa shape index (κ1) is 21.0. The van der Waals surface area contributed by atoms with E-state index in [1.54, 1.807) is 29.8 Å². The van der Waals surface area contributed by atoms with Gasteiger partial charge in [0, 0.05) is 25.2 Å². The van der Waals surface area contributed by atoms with Gasteiger partial charge < -0.3 is 9.84 Å². The fourth-order valence-corrected chi connectivity index (χ4v) is 3.69. The summed E-state index contributed by atoms with van der Waals surface area (Å²) in [6.07, 6.45) is 4.72. The first-order valence-corrected chi connectivity index (χ1v) is 9.59. The van der Waals surface area contributed by atoms with Crippen molar-refractivity contribution in [1.29, 1.82) is 0 Å². The number of hydrogen-bond acceptors (Lipinski definition) is 5. The van der Waals surface area contributed by atoms with Gasteiger partial charge in [0.25, 0.3) is 5.91 Å². The average Bonchev–Trinajstić information content (AvgIpc) is 3.15. The lowest BCUT2D eigenvalue weighted by molar-refractivity contribution is -0.124. The first-order chi connectivity index (χ1) is 14.1. The molecule has 3 N–H and O–H groups in total. The molecule has 0 fully saturated rings. The quantitative estimate of drug-likeness (QED) is 0.343. The van der Waals surface area contributed by atoms with E-state index in [4.69, 9.17) is 9.94 Å². The molecule has 2 aromatic carbocycles. The zero-order valence-electron chi connectivity index (χ0n) is 16.1. The number of nitrogens with one attached hydrogen (secondary N) is 1. The van der Waals surface area contributed by atoms with Crippen molar-refractivity contribution in [2.75, 3.05) is 26.3 Å². The molecule has 6 nitrogen and oxygen atoms in total. The van der Waals surface area contributed by atoms with Crippen LogP contribution in [-0.2, 0) is 11.2 Å². The van der Waals surface area contributed by atoms with E-state index < -0.39 is 5.91 Å². The second-order valence-electron chi connectivity index (χ2n) is 6.86. The van der Waals surface area contributed by atoms with Crippen LogP contribution >= 0.6 is 0 Å². The van der Waals surface area contributed by atoms with Crippen LogP contribution in [0.3, 0.4) is 0 Å². The molecule has 1 aliphatic rings. The van der Waals surface area contributed by atoms with E-state index in [2.05, 4.69) is 4.90 Å². The number of amides is 1. The molecule has 154 valence electrons. The second-order valence-corrected chi connectivity index (χ2v) is 6.86. The minimum absolute atomic E-state index is 0.0304. The highest BCUT2D eigenvalue weighted by Crippen LogP contribution is 2.36. The van der Waals surface area contributed by atoms with E-state index in [1.807, 2.05) is 18.2 Å². The van der Waals surface area contributed by atoms with E-state index in [1.165, 1.54) is 23.3 Å². The Morgan fingerprint density at radius 1 is 1.28 bits per heavy atom. The van der Waals surface area contributed by atoms with Gasteiger partial charge >= 0.3 is 0 Å². The Labute approximate surface area is 169 Å². The Balaban J connectivity index is 1.66. The van der Waals surface area contributed by atoms with Crippen molar-refractivity contribution in [2.45, 2.75) is 18.9 Å². The molecule has 1 amide bonds. The molecular formula is C22H25FN2O4. The smallest absolute Gasteiger partial charge is 0.267 e. The summed E-state index contributed by atoms with van der Waals surface area (Å²) in [5.41, 5.74) is 4.83. The second kappa shape index (κ2) is 10.2. The number of nitrogens with zero attached hydrogens (tertiary/aromatic N) is 1. The molecule has 7 heteroatoms. The lowest BCUT2D eigenvalue weighted by Crippen LogP contribution is -2.34. The lowest BCUT2D eigenvalue weighted by atomic mass is 10.0. The molecule has 0 saturated heterocycles. The number of hydrogen-bond donors (Lipinski definition) is 3. The third kappa shape index (κ3) is 5.41. The van der Waals surface area contributed by atoms with E-state index in [-0.39, 0.29) is 24.2 Å². The maximum Gasteiger partial charge on any atom is 0.267 e. The Hall–Kier alpha value is -2.74. The minimum atomic E-state index is -0.577. The third-order valence-corrected chi connectivity index (χ3v) is 5.05. The fraction of sp³-hybridized carbons (Fsp3) is 0.318. The van der Waals surface area contributed by atoms with Gasteiger partial charge in [-0.05, 0) is 47.7 Å². The van der Waals surface area contributed by atoms with Crippen molar-refractivity contribution in [1.82, 2.24) is 10.4 Å². The number of carbonyl (C=O) groups is 1. The topological polar surface area (TPSA) is 82.0 Å². The predicted octanol–water partition coefficient (Wildman–Crippen LogP) is 2.70. The Morgan fingerprint density at radius 3 is 2.86 bits per heavy atom. The molecule has 0 aliphatic heterocycles. The van der Waals surface area contributed by atoms with Gasteiger partial charge in [0.2, 0.25) is 0 Å². The summed E-state index contributed by atoms with van der Waals surface area (Å²) in [5, 5.41) is 18.1. The molecular weight excluding hydrogens is 375 g/mol. The summed E-state index contributed by atoms with van der Waals surface area (Å²) in [6.45, 7) is 1.42. The van der Waals surface area contributed by atoms with Crippen LogP contribution in [-0.4, -0.2) is 47.4 Å². The van der Waals surface area contributed by atoms with Gasteiger partial charge in [-0.15, -0.1) is 0 Å². The van der Waals surface area contributed by atoms with E-state index >= 15 is 0 Å². The molecule has 29 heavy (non-hydrogen) atoms. The molecule has 1 unspecified atom stereocenters. The number of aryl methyl sites for hydroxylation is 1. The summed E-state index contributed by atoms with van der Waals surface area (Å²) >= 11 is 0. The number of para-hydroxylation sites is 1. The Bertz CT molecular complexity index is 872. The number of aliphatic hydroxyl groups excluding tert-OH is 1. The predicted molar refractivity (Wildman–Crippen MR) is 107 cm³/mol. The van der Waals surface area contributed by atoms with Crippen LogP contribution in [0.4, 0.5) is 4.39 Å². The lowest BCUT2D eigenvalue weighted by Gasteiger charge is -2.29. The van der Waals surface area contributed by atoms with Crippen molar-refractivity contribution < 1.29 is 24.2 Å². The number of fused-ring (bicyclic) bond motifs is 1. The SMILES string of the molecule is O=C(C=Cc1ccc2c(c1)CCC2N(CCO)CCOc1ccccc1F)NO. The molecule has 1 aliphatic carbocycles. The van der Waals surface area contributed by atoms with Crippen molar-refractivity contribution in [2.24, 2.45) is 0 Å². The average molecular weight is 400 g/mol. The molecule has 0 bridgehead atoms. The van der Waals surface area contributed by atoms with E-state index in [0.29, 0.717) is 19.7 Å². The number of ether oxygens (including phenoxy) is 1. The monoisotopic (exact) mass is 400 g/mol. The highest BCUT2D eigenvalue weighted by Gasteiger charge is 2.27. The van der Waals surface area contributed by atoms with Crippen molar-refractivity contribution in [3.05, 3.63) is 71.0 Å². The maximum absolute atomic E-state index is 13.7. The summed E-state index contributed by atoms with van der Waals surface area (Å²) in [6, 6.07) is 12.5.